The molecule has 0 unspecified atom stereocenters. The van der Waals surface area contributed by atoms with Gasteiger partial charge in [-0.15, -0.1) is 0 Å². The molecule has 0 N–H and O–H groups in total. The van der Waals surface area contributed by atoms with Crippen molar-refractivity contribution in [3.63, 3.8) is 0 Å². The third kappa shape index (κ3) is 4.48. The van der Waals surface area contributed by atoms with Gasteiger partial charge in [0.25, 0.3) is 5.91 Å². The summed E-state index contributed by atoms with van der Waals surface area (Å²) in [6, 6.07) is 11.1. The van der Waals surface area contributed by atoms with Gasteiger partial charge in [0, 0.05) is 30.7 Å². The van der Waals surface area contributed by atoms with Gasteiger partial charge in [0.05, 0.1) is 11.7 Å². The van der Waals surface area contributed by atoms with E-state index >= 15 is 0 Å². The van der Waals surface area contributed by atoms with Crippen LogP contribution in [0.15, 0.2) is 40.9 Å². The number of amides is 1. The largest absolute Gasteiger partial charge is 0.490 e. The summed E-state index contributed by atoms with van der Waals surface area (Å²) in [5.41, 5.74) is 0.594. The molecule has 0 atom stereocenters. The highest BCUT2D eigenvalue weighted by atomic mass is 79.9. The van der Waals surface area contributed by atoms with Gasteiger partial charge in [-0.1, -0.05) is 33.6 Å². The lowest BCUT2D eigenvalue weighted by atomic mass is 10.1. The summed E-state index contributed by atoms with van der Waals surface area (Å²) < 4.78 is 6.72. The van der Waals surface area contributed by atoms with E-state index in [0.29, 0.717) is 29.6 Å². The molecule has 1 fully saturated rings. The van der Waals surface area contributed by atoms with Crippen LogP contribution in [0.5, 0.6) is 5.75 Å². The zero-order chi connectivity index (χ0) is 18.7. The Morgan fingerprint density at radius 2 is 1.92 bits per heavy atom. The standard InChI is InChI=1S/C19H21BrClN3O2/c1-13(2)26-16-12-14(20)6-7-15(16)19(25)24-10-8-23(9-11-24)18-5-3-4-17(21)22-18/h3-7,12-13H,8-11H2,1-2H3. The van der Waals surface area contributed by atoms with E-state index in [4.69, 9.17) is 16.3 Å². The number of nitrogens with zero attached hydrogens (tertiary/aromatic N) is 3. The Morgan fingerprint density at radius 1 is 1.19 bits per heavy atom. The van der Waals surface area contributed by atoms with Gasteiger partial charge in [0.15, 0.2) is 0 Å². The molecule has 0 spiro atoms. The number of piperazine rings is 1. The Bertz CT molecular complexity index is 792. The van der Waals surface area contributed by atoms with Crippen molar-refractivity contribution in [1.82, 2.24) is 9.88 Å². The fourth-order valence-electron chi connectivity index (χ4n) is 2.91. The van der Waals surface area contributed by atoms with Crippen LogP contribution in [0.3, 0.4) is 0 Å². The molecule has 1 aromatic carbocycles. The quantitative estimate of drug-likeness (QED) is 0.670. The summed E-state index contributed by atoms with van der Waals surface area (Å²) in [7, 11) is 0. The van der Waals surface area contributed by atoms with Crippen molar-refractivity contribution < 1.29 is 9.53 Å². The van der Waals surface area contributed by atoms with Crippen LogP contribution in [0.25, 0.3) is 0 Å². The maximum Gasteiger partial charge on any atom is 0.257 e. The number of anilines is 1. The van der Waals surface area contributed by atoms with Crippen LogP contribution in [0.2, 0.25) is 5.15 Å². The number of aromatic nitrogens is 1. The van der Waals surface area contributed by atoms with Crippen molar-refractivity contribution in [2.75, 3.05) is 31.1 Å². The van der Waals surface area contributed by atoms with Crippen LogP contribution in [0.4, 0.5) is 5.82 Å². The van der Waals surface area contributed by atoms with Gasteiger partial charge in [0.2, 0.25) is 0 Å². The highest BCUT2D eigenvalue weighted by Crippen LogP contribution is 2.27. The van der Waals surface area contributed by atoms with Crippen molar-refractivity contribution >= 4 is 39.3 Å². The van der Waals surface area contributed by atoms with E-state index in [9.17, 15) is 4.79 Å². The molecule has 1 aliphatic rings. The molecule has 1 saturated heterocycles. The maximum atomic E-state index is 13.0. The van der Waals surface area contributed by atoms with Gasteiger partial charge in [-0.2, -0.15) is 0 Å². The first-order valence-corrected chi connectivity index (χ1v) is 9.74. The number of rotatable bonds is 4. The zero-order valence-electron chi connectivity index (χ0n) is 14.8. The van der Waals surface area contributed by atoms with Crippen LogP contribution >= 0.6 is 27.5 Å². The van der Waals surface area contributed by atoms with Crippen molar-refractivity contribution in [2.24, 2.45) is 0 Å². The van der Waals surface area contributed by atoms with Crippen LogP contribution in [-0.4, -0.2) is 48.1 Å². The minimum Gasteiger partial charge on any atom is -0.490 e. The molecule has 0 aliphatic carbocycles. The minimum absolute atomic E-state index is 0.00148. The van der Waals surface area contributed by atoms with Crippen LogP contribution in [0, 0.1) is 0 Å². The Morgan fingerprint density at radius 3 is 2.58 bits per heavy atom. The Kier molecular flexibility index (Phi) is 6.04. The smallest absolute Gasteiger partial charge is 0.257 e. The summed E-state index contributed by atoms with van der Waals surface area (Å²) in [6.45, 7) is 6.60. The number of carbonyl (C=O) groups excluding carboxylic acids is 1. The van der Waals surface area contributed by atoms with E-state index in [2.05, 4.69) is 25.8 Å². The Labute approximate surface area is 167 Å². The molecule has 7 heteroatoms. The molecular formula is C19H21BrClN3O2. The summed E-state index contributed by atoms with van der Waals surface area (Å²) in [5, 5.41) is 0.478. The SMILES string of the molecule is CC(C)Oc1cc(Br)ccc1C(=O)N1CCN(c2cccc(Cl)n2)CC1. The van der Waals surface area contributed by atoms with Crippen molar-refractivity contribution in [3.8, 4) is 5.75 Å². The first kappa shape index (κ1) is 19.0. The van der Waals surface area contributed by atoms with Crippen LogP contribution in [0.1, 0.15) is 24.2 Å². The maximum absolute atomic E-state index is 13.0. The third-order valence-electron chi connectivity index (χ3n) is 4.13. The molecule has 26 heavy (non-hydrogen) atoms. The fourth-order valence-corrected chi connectivity index (χ4v) is 3.41. The van der Waals surface area contributed by atoms with Crippen LogP contribution < -0.4 is 9.64 Å². The molecule has 1 aliphatic heterocycles. The molecule has 1 amide bonds. The van der Waals surface area contributed by atoms with Crippen molar-refractivity contribution in [2.45, 2.75) is 20.0 Å². The molecule has 5 nitrogen and oxygen atoms in total. The molecule has 0 radical (unpaired) electrons. The van der Waals surface area contributed by atoms with Crippen LogP contribution in [-0.2, 0) is 0 Å². The van der Waals surface area contributed by atoms with E-state index in [0.717, 1.165) is 23.4 Å². The normalized spacial score (nSPS) is 14.7. The summed E-state index contributed by atoms with van der Waals surface area (Å²) in [6.07, 6.45) is 0.00148. The molecule has 2 heterocycles. The summed E-state index contributed by atoms with van der Waals surface area (Å²) in [4.78, 5) is 21.3. The van der Waals surface area contributed by atoms with Gasteiger partial charge >= 0.3 is 0 Å². The Balaban J connectivity index is 1.71. The molecule has 0 saturated carbocycles. The second kappa shape index (κ2) is 8.27. The first-order chi connectivity index (χ1) is 12.4. The van der Waals surface area contributed by atoms with E-state index in [1.165, 1.54) is 0 Å². The third-order valence-corrected chi connectivity index (χ3v) is 4.83. The minimum atomic E-state index is -0.00754. The number of halogens is 2. The molecule has 138 valence electrons. The molecule has 0 bridgehead atoms. The predicted molar refractivity (Wildman–Crippen MR) is 107 cm³/mol. The number of hydrogen-bond acceptors (Lipinski definition) is 4. The van der Waals surface area contributed by atoms with Gasteiger partial charge in [0.1, 0.15) is 16.7 Å². The number of pyridine rings is 1. The lowest BCUT2D eigenvalue weighted by Crippen LogP contribution is -2.49. The first-order valence-electron chi connectivity index (χ1n) is 8.57. The fraction of sp³-hybridized carbons (Fsp3) is 0.368. The zero-order valence-corrected chi connectivity index (χ0v) is 17.1. The average molecular weight is 439 g/mol. The molecular weight excluding hydrogens is 418 g/mol. The van der Waals surface area contributed by atoms with Gasteiger partial charge in [-0.25, -0.2) is 4.98 Å². The molecule has 3 rings (SSSR count). The average Bonchev–Trinajstić information content (AvgIpc) is 2.61. The topological polar surface area (TPSA) is 45.7 Å². The monoisotopic (exact) mass is 437 g/mol. The number of ether oxygens (including phenoxy) is 1. The number of hydrogen-bond donors (Lipinski definition) is 0. The van der Waals surface area contributed by atoms with Crippen molar-refractivity contribution in [3.05, 3.63) is 51.6 Å². The van der Waals surface area contributed by atoms with Gasteiger partial charge in [-0.3, -0.25) is 4.79 Å². The Hall–Kier alpha value is -1.79. The number of benzene rings is 1. The van der Waals surface area contributed by atoms with E-state index in [1.807, 2.05) is 49.1 Å². The molecule has 1 aromatic heterocycles. The predicted octanol–water partition coefficient (Wildman–Crippen LogP) is 4.25. The van der Waals surface area contributed by atoms with Crippen molar-refractivity contribution in [1.29, 1.82) is 0 Å². The lowest BCUT2D eigenvalue weighted by molar-refractivity contribution is 0.0740. The van der Waals surface area contributed by atoms with E-state index in [-0.39, 0.29) is 12.0 Å². The highest BCUT2D eigenvalue weighted by Gasteiger charge is 2.25. The second-order valence-corrected chi connectivity index (χ2v) is 7.71. The highest BCUT2D eigenvalue weighted by molar-refractivity contribution is 9.10. The second-order valence-electron chi connectivity index (χ2n) is 6.40. The molecule has 2 aromatic rings. The van der Waals surface area contributed by atoms with Gasteiger partial charge < -0.3 is 14.5 Å². The summed E-state index contributed by atoms with van der Waals surface area (Å²) in [5.74, 6) is 1.45. The van der Waals surface area contributed by atoms with E-state index < -0.39 is 0 Å². The number of carbonyl (C=O) groups is 1. The lowest BCUT2D eigenvalue weighted by Gasteiger charge is -2.35. The van der Waals surface area contributed by atoms with E-state index in [1.54, 1.807) is 6.07 Å². The summed E-state index contributed by atoms with van der Waals surface area (Å²) >= 11 is 9.42. The van der Waals surface area contributed by atoms with Gasteiger partial charge in [-0.05, 0) is 44.2 Å².